The van der Waals surface area contributed by atoms with Crippen LogP contribution >= 0.6 is 0 Å². The van der Waals surface area contributed by atoms with E-state index < -0.39 is 36.1 Å². The third-order valence-electron chi connectivity index (χ3n) is 3.15. The Labute approximate surface area is 112 Å². The Bertz CT molecular complexity index is 304. The second-order valence-electron chi connectivity index (χ2n) is 4.68. The largest absolute Gasteiger partial charge is 0.493 e. The molecular weight excluding hydrogens is 256 g/mol. The highest BCUT2D eigenvalue weighted by Crippen LogP contribution is 2.26. The Morgan fingerprint density at radius 1 is 1.11 bits per heavy atom. The number of carbonyl (C=O) groups is 1. The van der Waals surface area contributed by atoms with Crippen molar-refractivity contribution < 1.29 is 34.9 Å². The molecule has 0 aromatic rings. The van der Waals surface area contributed by atoms with Gasteiger partial charge in [0.2, 0.25) is 0 Å². The number of carboxylic acid groups (broad SMARTS) is 1. The maximum atomic E-state index is 10.9. The van der Waals surface area contributed by atoms with Gasteiger partial charge in [-0.1, -0.05) is 20.4 Å². The van der Waals surface area contributed by atoms with Gasteiger partial charge in [-0.3, -0.25) is 10.5 Å². The zero-order chi connectivity index (χ0) is 15.2. The van der Waals surface area contributed by atoms with Gasteiger partial charge >= 0.3 is 5.97 Å². The molecule has 5 atom stereocenters. The molecule has 0 amide bonds. The lowest BCUT2D eigenvalue weighted by molar-refractivity contribution is -0.322. The van der Waals surface area contributed by atoms with Crippen LogP contribution in [-0.4, -0.2) is 39.9 Å². The number of hydrogen-bond acceptors (Lipinski definition) is 6. The molecule has 0 aromatic carbocycles. The van der Waals surface area contributed by atoms with Gasteiger partial charge in [0.15, 0.2) is 6.10 Å². The minimum absolute atomic E-state index is 0.447. The van der Waals surface area contributed by atoms with Crippen LogP contribution in [0.2, 0.25) is 0 Å². The van der Waals surface area contributed by atoms with E-state index in [9.17, 15) is 4.79 Å². The van der Waals surface area contributed by atoms with Crippen molar-refractivity contribution in [2.75, 3.05) is 0 Å². The monoisotopic (exact) mass is 278 g/mol. The van der Waals surface area contributed by atoms with Gasteiger partial charge in [-0.25, -0.2) is 14.6 Å². The Kier molecular flexibility index (Phi) is 7.62. The molecule has 0 aromatic heterocycles. The van der Waals surface area contributed by atoms with E-state index in [1.165, 1.54) is 0 Å². The minimum atomic E-state index is -1.41. The summed E-state index contributed by atoms with van der Waals surface area (Å²) in [5, 5.41) is 26.5. The normalized spacial score (nSPS) is 19.1. The van der Waals surface area contributed by atoms with Gasteiger partial charge in [-0.15, -0.1) is 0 Å². The van der Waals surface area contributed by atoms with Crippen molar-refractivity contribution in [2.45, 2.75) is 46.0 Å². The van der Waals surface area contributed by atoms with Gasteiger partial charge in [-0.05, 0) is 19.8 Å². The van der Waals surface area contributed by atoms with Gasteiger partial charge in [0.25, 0.3) is 0 Å². The lowest BCUT2D eigenvalue weighted by atomic mass is 9.84. The van der Waals surface area contributed by atoms with Gasteiger partial charge in [-0.2, -0.15) is 0 Å². The van der Waals surface area contributed by atoms with Crippen LogP contribution in [0, 0.1) is 11.8 Å². The van der Waals surface area contributed by atoms with E-state index in [0.717, 1.165) is 0 Å². The van der Waals surface area contributed by atoms with Crippen LogP contribution in [0.4, 0.5) is 0 Å². The molecule has 7 heteroatoms. The first-order valence-corrected chi connectivity index (χ1v) is 5.91. The topological polar surface area (TPSA) is 105 Å². The van der Waals surface area contributed by atoms with E-state index in [1.54, 1.807) is 27.7 Å². The molecule has 0 saturated carbocycles. The third kappa shape index (κ3) is 5.15. The van der Waals surface area contributed by atoms with Gasteiger partial charge in [0.1, 0.15) is 12.2 Å². The molecule has 0 aliphatic carbocycles. The number of aliphatic carboxylic acids is 1. The maximum absolute atomic E-state index is 10.9. The smallest absolute Gasteiger partial charge is 0.336 e. The first-order chi connectivity index (χ1) is 8.76. The molecule has 0 bridgehead atoms. The Balaban J connectivity index is 4.86. The first-order valence-electron chi connectivity index (χ1n) is 5.91. The summed E-state index contributed by atoms with van der Waals surface area (Å²) >= 11 is 0. The van der Waals surface area contributed by atoms with Crippen molar-refractivity contribution in [1.82, 2.24) is 0 Å². The summed E-state index contributed by atoms with van der Waals surface area (Å²) in [5.74, 6) is -1.92. The quantitative estimate of drug-likeness (QED) is 0.336. The molecule has 5 unspecified atom stereocenters. The average Bonchev–Trinajstić information content (AvgIpc) is 2.28. The summed E-state index contributed by atoms with van der Waals surface area (Å²) in [5.41, 5.74) is 0. The lowest BCUT2D eigenvalue weighted by Crippen LogP contribution is -2.43. The van der Waals surface area contributed by atoms with E-state index in [1.807, 2.05) is 0 Å². The van der Waals surface area contributed by atoms with E-state index >= 15 is 0 Å². The summed E-state index contributed by atoms with van der Waals surface area (Å²) in [4.78, 5) is 19.2. The summed E-state index contributed by atoms with van der Waals surface area (Å²) in [6, 6.07) is 0. The lowest BCUT2D eigenvalue weighted by Gasteiger charge is -2.32. The highest BCUT2D eigenvalue weighted by molar-refractivity contribution is 5.72. The minimum Gasteiger partial charge on any atom is -0.493 e. The van der Waals surface area contributed by atoms with Crippen molar-refractivity contribution in [1.29, 1.82) is 0 Å². The number of ether oxygens (including phenoxy) is 1. The zero-order valence-electron chi connectivity index (χ0n) is 11.6. The van der Waals surface area contributed by atoms with Crippen LogP contribution in [0.3, 0.4) is 0 Å². The summed E-state index contributed by atoms with van der Waals surface area (Å²) < 4.78 is 5.32. The van der Waals surface area contributed by atoms with E-state index in [0.29, 0.717) is 5.76 Å². The fraction of sp³-hybridized carbons (Fsp3) is 0.750. The fourth-order valence-electron chi connectivity index (χ4n) is 1.93. The summed E-state index contributed by atoms with van der Waals surface area (Å²) in [7, 11) is 0. The van der Waals surface area contributed by atoms with Crippen molar-refractivity contribution >= 4 is 5.97 Å². The molecule has 112 valence electrons. The van der Waals surface area contributed by atoms with E-state index in [-0.39, 0.29) is 0 Å². The second kappa shape index (κ2) is 8.11. The Morgan fingerprint density at radius 3 is 1.95 bits per heavy atom. The SMILES string of the molecule is C=C(C)OC(C)C(OO)C(C)C(C)C(OO)C(=O)O. The number of rotatable bonds is 9. The van der Waals surface area contributed by atoms with Gasteiger partial charge in [0.05, 0.1) is 5.76 Å². The molecule has 0 saturated heterocycles. The molecule has 0 aliphatic heterocycles. The molecule has 0 spiro atoms. The van der Waals surface area contributed by atoms with Crippen molar-refractivity contribution in [3.8, 4) is 0 Å². The highest BCUT2D eigenvalue weighted by atomic mass is 17.1. The number of allylic oxidation sites excluding steroid dienone is 1. The van der Waals surface area contributed by atoms with Crippen LogP contribution in [0.1, 0.15) is 27.7 Å². The predicted molar refractivity (Wildman–Crippen MR) is 66.3 cm³/mol. The first kappa shape index (κ1) is 17.8. The second-order valence-corrected chi connectivity index (χ2v) is 4.68. The third-order valence-corrected chi connectivity index (χ3v) is 3.15. The van der Waals surface area contributed by atoms with Crippen molar-refractivity contribution in [3.05, 3.63) is 12.3 Å². The molecule has 0 radical (unpaired) electrons. The summed E-state index contributed by atoms with van der Waals surface area (Å²) in [6.07, 6.45) is -2.73. The van der Waals surface area contributed by atoms with E-state index in [2.05, 4.69) is 16.4 Å². The number of carboxylic acids is 1. The average molecular weight is 278 g/mol. The molecular formula is C12H22O7. The van der Waals surface area contributed by atoms with Crippen molar-refractivity contribution in [3.63, 3.8) is 0 Å². The van der Waals surface area contributed by atoms with Crippen LogP contribution < -0.4 is 0 Å². The molecule has 19 heavy (non-hydrogen) atoms. The highest BCUT2D eigenvalue weighted by Gasteiger charge is 2.37. The van der Waals surface area contributed by atoms with Crippen molar-refractivity contribution in [2.24, 2.45) is 11.8 Å². The van der Waals surface area contributed by atoms with Crippen LogP contribution in [-0.2, 0) is 19.3 Å². The van der Waals surface area contributed by atoms with Crippen LogP contribution in [0.5, 0.6) is 0 Å². The number of hydrogen-bond donors (Lipinski definition) is 3. The van der Waals surface area contributed by atoms with E-state index in [4.69, 9.17) is 20.4 Å². The molecule has 0 heterocycles. The van der Waals surface area contributed by atoms with Crippen LogP contribution in [0.15, 0.2) is 12.3 Å². The maximum Gasteiger partial charge on any atom is 0.336 e. The standard InChI is InChI=1S/C12H22O7/c1-6(2)17-9(5)10(18-15)7(3)8(4)11(19-16)12(13)14/h7-11,15-16H,1H2,2-5H3,(H,13,14). The van der Waals surface area contributed by atoms with Crippen LogP contribution in [0.25, 0.3) is 0 Å². The van der Waals surface area contributed by atoms with Gasteiger partial charge < -0.3 is 9.84 Å². The Morgan fingerprint density at radius 2 is 1.63 bits per heavy atom. The molecule has 3 N–H and O–H groups in total. The molecule has 0 aliphatic rings. The fourth-order valence-corrected chi connectivity index (χ4v) is 1.93. The predicted octanol–water partition coefficient (Wildman–Crippen LogP) is 2.00. The Hall–Kier alpha value is -1.15. The summed E-state index contributed by atoms with van der Waals surface area (Å²) in [6.45, 7) is 10.1. The zero-order valence-corrected chi connectivity index (χ0v) is 11.6. The molecule has 7 nitrogen and oxygen atoms in total. The van der Waals surface area contributed by atoms with Gasteiger partial charge in [0, 0.05) is 5.92 Å². The molecule has 0 fully saturated rings. The molecule has 0 rings (SSSR count).